The van der Waals surface area contributed by atoms with Gasteiger partial charge in [-0.25, -0.2) is 4.79 Å². The maximum Gasteiger partial charge on any atom is 0.318 e. The van der Waals surface area contributed by atoms with E-state index in [1.165, 1.54) is 0 Å². The first kappa shape index (κ1) is 17.2. The Morgan fingerprint density at radius 3 is 2.83 bits per heavy atom. The van der Waals surface area contributed by atoms with Crippen molar-refractivity contribution in [2.45, 2.75) is 52.6 Å². The second kappa shape index (κ2) is 7.94. The smallest absolute Gasteiger partial charge is 0.318 e. The van der Waals surface area contributed by atoms with E-state index < -0.39 is 0 Å². The van der Waals surface area contributed by atoms with Crippen molar-refractivity contribution in [1.82, 2.24) is 25.3 Å². The number of aromatic nitrogens is 2. The molecule has 1 fully saturated rings. The number of amides is 3. The summed E-state index contributed by atoms with van der Waals surface area (Å²) in [5, 5.41) is 6.75. The lowest BCUT2D eigenvalue weighted by Crippen LogP contribution is -2.45. The molecule has 0 aromatic carbocycles. The van der Waals surface area contributed by atoms with E-state index in [0.29, 0.717) is 37.6 Å². The second-order valence-corrected chi connectivity index (χ2v) is 5.66. The van der Waals surface area contributed by atoms with Crippen molar-refractivity contribution in [3.8, 4) is 0 Å². The molecule has 2 rings (SSSR count). The highest BCUT2D eigenvalue weighted by Crippen LogP contribution is 2.12. The van der Waals surface area contributed by atoms with Crippen molar-refractivity contribution in [3.05, 3.63) is 11.7 Å². The number of nitrogens with one attached hydrogen (secondary N) is 1. The molecule has 3 amide bonds. The van der Waals surface area contributed by atoms with Crippen LogP contribution in [0.1, 0.15) is 45.3 Å². The number of carbonyl (C=O) groups is 2. The highest BCUT2D eigenvalue weighted by Gasteiger charge is 2.31. The average molecular weight is 323 g/mol. The summed E-state index contributed by atoms with van der Waals surface area (Å²) in [6.45, 7) is 7.98. The number of aryl methyl sites for hydroxylation is 1. The topological polar surface area (TPSA) is 91.6 Å². The Morgan fingerprint density at radius 2 is 2.22 bits per heavy atom. The normalized spacial score (nSPS) is 17.6. The van der Waals surface area contributed by atoms with Gasteiger partial charge in [-0.3, -0.25) is 4.79 Å². The van der Waals surface area contributed by atoms with E-state index in [9.17, 15) is 9.59 Å². The maximum absolute atomic E-state index is 12.4. The van der Waals surface area contributed by atoms with Crippen molar-refractivity contribution in [1.29, 1.82) is 0 Å². The molecular weight excluding hydrogens is 298 g/mol. The molecule has 0 radical (unpaired) electrons. The number of hydrogen-bond donors (Lipinski definition) is 1. The largest absolute Gasteiger partial charge is 0.341 e. The zero-order valence-electron chi connectivity index (χ0n) is 14.0. The van der Waals surface area contributed by atoms with Gasteiger partial charge in [0.05, 0.1) is 6.04 Å². The molecule has 128 valence electrons. The van der Waals surface area contributed by atoms with Crippen LogP contribution in [0, 0.1) is 0 Å². The number of carbonyl (C=O) groups excluding carboxylic acids is 2. The molecule has 8 heteroatoms. The van der Waals surface area contributed by atoms with Crippen molar-refractivity contribution in [2.75, 3.05) is 19.6 Å². The third-order valence-electron chi connectivity index (χ3n) is 3.86. The van der Waals surface area contributed by atoms with E-state index in [4.69, 9.17) is 4.52 Å². The van der Waals surface area contributed by atoms with Crippen molar-refractivity contribution in [2.24, 2.45) is 0 Å². The third-order valence-corrected chi connectivity index (χ3v) is 3.86. The fraction of sp³-hybridized carbons (Fsp3) is 0.733. The van der Waals surface area contributed by atoms with Gasteiger partial charge in [0.2, 0.25) is 11.8 Å². The molecule has 1 aromatic heterocycles. The second-order valence-electron chi connectivity index (χ2n) is 5.66. The van der Waals surface area contributed by atoms with Crippen LogP contribution >= 0.6 is 0 Å². The highest BCUT2D eigenvalue weighted by atomic mass is 16.5. The molecule has 0 saturated carbocycles. The lowest BCUT2D eigenvalue weighted by Gasteiger charge is -2.22. The Labute approximate surface area is 136 Å². The van der Waals surface area contributed by atoms with Crippen LogP contribution in [0.15, 0.2) is 4.52 Å². The number of nitrogens with zero attached hydrogens (tertiary/aromatic N) is 4. The van der Waals surface area contributed by atoms with Gasteiger partial charge in [-0.05, 0) is 13.3 Å². The van der Waals surface area contributed by atoms with Gasteiger partial charge in [0.1, 0.15) is 6.54 Å². The molecule has 1 aliphatic heterocycles. The predicted molar refractivity (Wildman–Crippen MR) is 83.6 cm³/mol. The molecule has 1 N–H and O–H groups in total. The summed E-state index contributed by atoms with van der Waals surface area (Å²) in [6, 6.07) is -0.343. The van der Waals surface area contributed by atoms with Gasteiger partial charge < -0.3 is 19.6 Å². The minimum atomic E-state index is -0.208. The zero-order valence-corrected chi connectivity index (χ0v) is 14.0. The van der Waals surface area contributed by atoms with Crippen molar-refractivity contribution < 1.29 is 14.1 Å². The van der Waals surface area contributed by atoms with Gasteiger partial charge in [0.15, 0.2) is 5.82 Å². The highest BCUT2D eigenvalue weighted by molar-refractivity contribution is 5.81. The van der Waals surface area contributed by atoms with Crippen LogP contribution in [-0.4, -0.2) is 57.6 Å². The summed E-state index contributed by atoms with van der Waals surface area (Å²) in [4.78, 5) is 31.8. The first-order chi connectivity index (χ1) is 11.1. The van der Waals surface area contributed by atoms with Gasteiger partial charge in [0, 0.05) is 32.5 Å². The number of hydrogen-bond acceptors (Lipinski definition) is 5. The molecule has 2 heterocycles. The minimum absolute atomic E-state index is 0.102. The lowest BCUT2D eigenvalue weighted by molar-refractivity contribution is -0.127. The Balaban J connectivity index is 1.89. The summed E-state index contributed by atoms with van der Waals surface area (Å²) >= 11 is 0. The van der Waals surface area contributed by atoms with E-state index in [-0.39, 0.29) is 24.5 Å². The van der Waals surface area contributed by atoms with E-state index >= 15 is 0 Å². The van der Waals surface area contributed by atoms with Crippen LogP contribution < -0.4 is 5.32 Å². The lowest BCUT2D eigenvalue weighted by atomic mass is 10.2. The first-order valence-corrected chi connectivity index (χ1v) is 8.22. The molecule has 1 aromatic rings. The van der Waals surface area contributed by atoms with Gasteiger partial charge in [-0.2, -0.15) is 4.98 Å². The van der Waals surface area contributed by atoms with Gasteiger partial charge in [-0.15, -0.1) is 0 Å². The molecule has 0 bridgehead atoms. The SMILES string of the molecule is CCCN1C[C@H](NC(=O)N(CC)Cc2nc(CC)no2)CC1=O. The molecular formula is C15H25N5O3. The van der Waals surface area contributed by atoms with E-state index in [1.54, 1.807) is 9.80 Å². The van der Waals surface area contributed by atoms with E-state index in [2.05, 4.69) is 15.5 Å². The van der Waals surface area contributed by atoms with Crippen molar-refractivity contribution >= 4 is 11.9 Å². The Hall–Kier alpha value is -2.12. The Kier molecular flexibility index (Phi) is 5.95. The summed E-state index contributed by atoms with van der Waals surface area (Å²) in [5.41, 5.74) is 0. The zero-order chi connectivity index (χ0) is 16.8. The molecule has 1 saturated heterocycles. The third kappa shape index (κ3) is 4.43. The average Bonchev–Trinajstić information content (AvgIpc) is 3.12. The van der Waals surface area contributed by atoms with Crippen LogP contribution in [-0.2, 0) is 17.8 Å². The van der Waals surface area contributed by atoms with Crippen LogP contribution in [0.2, 0.25) is 0 Å². The van der Waals surface area contributed by atoms with Gasteiger partial charge >= 0.3 is 6.03 Å². The van der Waals surface area contributed by atoms with Gasteiger partial charge in [-0.1, -0.05) is 19.0 Å². The molecule has 1 aliphatic rings. The molecule has 0 spiro atoms. The Bertz CT molecular complexity index is 545. The number of urea groups is 1. The summed E-state index contributed by atoms with van der Waals surface area (Å²) in [5.74, 6) is 1.16. The van der Waals surface area contributed by atoms with E-state index in [1.807, 2.05) is 20.8 Å². The molecule has 23 heavy (non-hydrogen) atoms. The van der Waals surface area contributed by atoms with Crippen LogP contribution in [0.25, 0.3) is 0 Å². The van der Waals surface area contributed by atoms with Gasteiger partial charge in [0.25, 0.3) is 0 Å². The van der Waals surface area contributed by atoms with E-state index in [0.717, 1.165) is 13.0 Å². The monoisotopic (exact) mass is 323 g/mol. The number of rotatable bonds is 7. The van der Waals surface area contributed by atoms with Crippen LogP contribution in [0.4, 0.5) is 4.79 Å². The summed E-state index contributed by atoms with van der Waals surface area (Å²) in [7, 11) is 0. The molecule has 0 unspecified atom stereocenters. The number of likely N-dealkylation sites (tertiary alicyclic amines) is 1. The summed E-state index contributed by atoms with van der Waals surface area (Å²) in [6.07, 6.45) is 1.98. The molecule has 0 aliphatic carbocycles. The predicted octanol–water partition coefficient (Wildman–Crippen LogP) is 1.17. The Morgan fingerprint density at radius 1 is 1.43 bits per heavy atom. The standard InChI is InChI=1S/C15H25N5O3/c1-4-7-20-9-11(8-14(20)21)16-15(22)19(6-3)10-13-17-12(5-2)18-23-13/h11H,4-10H2,1-3H3,(H,16,22)/t11-/m1/s1. The van der Waals surface area contributed by atoms with Crippen LogP contribution in [0.3, 0.4) is 0 Å². The molecule has 8 nitrogen and oxygen atoms in total. The minimum Gasteiger partial charge on any atom is -0.341 e. The van der Waals surface area contributed by atoms with Crippen molar-refractivity contribution in [3.63, 3.8) is 0 Å². The quantitative estimate of drug-likeness (QED) is 0.813. The first-order valence-electron chi connectivity index (χ1n) is 8.22. The van der Waals surface area contributed by atoms with Crippen LogP contribution in [0.5, 0.6) is 0 Å². The fourth-order valence-electron chi connectivity index (χ4n) is 2.61. The molecule has 1 atom stereocenters. The maximum atomic E-state index is 12.4. The fourth-order valence-corrected chi connectivity index (χ4v) is 2.61. The summed E-state index contributed by atoms with van der Waals surface area (Å²) < 4.78 is 5.13.